The summed E-state index contributed by atoms with van der Waals surface area (Å²) in [6.07, 6.45) is 7.75. The van der Waals surface area contributed by atoms with Crippen molar-refractivity contribution in [2.24, 2.45) is 7.05 Å². The van der Waals surface area contributed by atoms with Crippen molar-refractivity contribution in [2.45, 2.75) is 38.1 Å². The molecule has 0 radical (unpaired) electrons. The third-order valence-electron chi connectivity index (χ3n) is 6.48. The molecule has 1 aromatic carbocycles. The van der Waals surface area contributed by atoms with Crippen LogP contribution in [0.15, 0.2) is 42.7 Å². The van der Waals surface area contributed by atoms with Crippen LogP contribution in [0.1, 0.15) is 43.0 Å². The molecule has 1 unspecified atom stereocenters. The highest BCUT2D eigenvalue weighted by Crippen LogP contribution is 2.37. The van der Waals surface area contributed by atoms with E-state index < -0.39 is 0 Å². The lowest BCUT2D eigenvalue weighted by molar-refractivity contribution is -0.131. The molecule has 8 heteroatoms. The number of hydrogen-bond donors (Lipinski definition) is 0. The van der Waals surface area contributed by atoms with Crippen LogP contribution in [0.2, 0.25) is 0 Å². The molecule has 5 rings (SSSR count). The number of anilines is 1. The van der Waals surface area contributed by atoms with Gasteiger partial charge in [0.15, 0.2) is 0 Å². The van der Waals surface area contributed by atoms with E-state index in [2.05, 4.69) is 15.0 Å². The van der Waals surface area contributed by atoms with Crippen LogP contribution in [0, 0.1) is 5.82 Å². The summed E-state index contributed by atoms with van der Waals surface area (Å²) in [5.41, 5.74) is 3.14. The standard InChI is InChI=1S/C24H27FN6O/c1-29-23(18(16-27-29)20-10-11-26-24(28-20)30-12-4-5-13-30)21-9-6-14-31(21)22(32)15-17-7-2-3-8-19(17)25/h2-3,7-8,10-11,16,21H,4-6,9,12-15H2,1H3. The third kappa shape index (κ3) is 3.85. The van der Waals surface area contributed by atoms with Crippen LogP contribution in [-0.4, -0.2) is 50.2 Å². The van der Waals surface area contributed by atoms with Gasteiger partial charge >= 0.3 is 0 Å². The van der Waals surface area contributed by atoms with Gasteiger partial charge in [0.05, 0.1) is 30.0 Å². The Labute approximate surface area is 186 Å². The number of aryl methyl sites for hydroxylation is 1. The van der Waals surface area contributed by atoms with Crippen LogP contribution in [-0.2, 0) is 18.3 Å². The van der Waals surface area contributed by atoms with E-state index in [1.54, 1.807) is 24.4 Å². The first-order chi connectivity index (χ1) is 15.6. The number of likely N-dealkylation sites (tertiary alicyclic amines) is 1. The molecule has 1 amide bonds. The zero-order valence-corrected chi connectivity index (χ0v) is 18.2. The van der Waals surface area contributed by atoms with Gasteiger partial charge in [-0.05, 0) is 43.4 Å². The molecule has 0 N–H and O–H groups in total. The van der Waals surface area contributed by atoms with Crippen molar-refractivity contribution >= 4 is 11.9 Å². The van der Waals surface area contributed by atoms with Gasteiger partial charge in [-0.15, -0.1) is 0 Å². The predicted octanol–water partition coefficient (Wildman–Crippen LogP) is 3.52. The van der Waals surface area contributed by atoms with Crippen molar-refractivity contribution in [2.75, 3.05) is 24.5 Å². The minimum atomic E-state index is -0.340. The van der Waals surface area contributed by atoms with Gasteiger partial charge in [-0.25, -0.2) is 14.4 Å². The van der Waals surface area contributed by atoms with E-state index in [0.717, 1.165) is 61.7 Å². The summed E-state index contributed by atoms with van der Waals surface area (Å²) in [7, 11) is 1.90. The van der Waals surface area contributed by atoms with Crippen molar-refractivity contribution in [3.8, 4) is 11.3 Å². The first kappa shape index (κ1) is 20.6. The fourth-order valence-electron chi connectivity index (χ4n) is 4.86. The molecule has 0 bridgehead atoms. The Bertz CT molecular complexity index is 1120. The quantitative estimate of drug-likeness (QED) is 0.615. The van der Waals surface area contributed by atoms with E-state index in [4.69, 9.17) is 4.98 Å². The summed E-state index contributed by atoms with van der Waals surface area (Å²) in [6.45, 7) is 2.61. The maximum atomic E-state index is 14.1. The van der Waals surface area contributed by atoms with Crippen LogP contribution in [0.4, 0.5) is 10.3 Å². The number of hydrogen-bond acceptors (Lipinski definition) is 5. The van der Waals surface area contributed by atoms with Gasteiger partial charge in [-0.1, -0.05) is 18.2 Å². The number of rotatable bonds is 5. The smallest absolute Gasteiger partial charge is 0.227 e. The van der Waals surface area contributed by atoms with Crippen molar-refractivity contribution in [1.29, 1.82) is 0 Å². The Morgan fingerprint density at radius 1 is 1.12 bits per heavy atom. The zero-order valence-electron chi connectivity index (χ0n) is 18.2. The summed E-state index contributed by atoms with van der Waals surface area (Å²) in [6, 6.07) is 8.27. The Hall–Kier alpha value is -3.29. The van der Waals surface area contributed by atoms with Crippen LogP contribution in [0.5, 0.6) is 0 Å². The Balaban J connectivity index is 1.44. The second-order valence-electron chi connectivity index (χ2n) is 8.52. The molecular weight excluding hydrogens is 407 g/mol. The SMILES string of the molecule is Cn1ncc(-c2ccnc(N3CCCC3)n2)c1C1CCCN1C(=O)Cc1ccccc1F. The topological polar surface area (TPSA) is 67.2 Å². The fourth-order valence-corrected chi connectivity index (χ4v) is 4.86. The van der Waals surface area contributed by atoms with Gasteiger partial charge in [-0.3, -0.25) is 9.48 Å². The lowest BCUT2D eigenvalue weighted by atomic mass is 10.0. The van der Waals surface area contributed by atoms with Gasteiger partial charge in [0.1, 0.15) is 5.82 Å². The van der Waals surface area contributed by atoms with Gasteiger partial charge in [0, 0.05) is 38.4 Å². The van der Waals surface area contributed by atoms with Gasteiger partial charge in [0.2, 0.25) is 11.9 Å². The second-order valence-corrected chi connectivity index (χ2v) is 8.52. The molecule has 4 heterocycles. The normalized spacial score (nSPS) is 18.5. The van der Waals surface area contributed by atoms with Gasteiger partial charge < -0.3 is 9.80 Å². The molecule has 2 saturated heterocycles. The molecule has 166 valence electrons. The van der Waals surface area contributed by atoms with Gasteiger partial charge in [0.25, 0.3) is 0 Å². The number of aromatic nitrogens is 4. The average molecular weight is 435 g/mol. The Morgan fingerprint density at radius 2 is 1.94 bits per heavy atom. The molecule has 32 heavy (non-hydrogen) atoms. The Morgan fingerprint density at radius 3 is 2.75 bits per heavy atom. The lowest BCUT2D eigenvalue weighted by Gasteiger charge is -2.26. The molecule has 0 spiro atoms. The lowest BCUT2D eigenvalue weighted by Crippen LogP contribution is -2.33. The zero-order chi connectivity index (χ0) is 22.1. The van der Waals surface area contributed by atoms with Crippen LogP contribution in [0.25, 0.3) is 11.3 Å². The Kier molecular flexibility index (Phi) is 5.59. The van der Waals surface area contributed by atoms with Crippen molar-refractivity contribution < 1.29 is 9.18 Å². The van der Waals surface area contributed by atoms with E-state index in [0.29, 0.717) is 12.1 Å². The van der Waals surface area contributed by atoms with E-state index in [1.165, 1.54) is 6.07 Å². The molecule has 1 atom stereocenters. The van der Waals surface area contributed by atoms with E-state index in [-0.39, 0.29) is 24.2 Å². The number of carbonyl (C=O) groups excluding carboxylic acids is 1. The minimum absolute atomic E-state index is 0.0585. The molecular formula is C24H27FN6O. The number of benzene rings is 1. The van der Waals surface area contributed by atoms with Crippen LogP contribution in [0.3, 0.4) is 0 Å². The van der Waals surface area contributed by atoms with E-state index in [1.807, 2.05) is 28.9 Å². The molecule has 7 nitrogen and oxygen atoms in total. The summed E-state index contributed by atoms with van der Waals surface area (Å²) >= 11 is 0. The van der Waals surface area contributed by atoms with E-state index in [9.17, 15) is 9.18 Å². The first-order valence-corrected chi connectivity index (χ1v) is 11.2. The molecule has 2 aromatic heterocycles. The molecule has 3 aromatic rings. The molecule has 0 aliphatic carbocycles. The number of carbonyl (C=O) groups is 1. The third-order valence-corrected chi connectivity index (χ3v) is 6.48. The molecule has 0 saturated carbocycles. The van der Waals surface area contributed by atoms with Crippen LogP contribution >= 0.6 is 0 Å². The number of amides is 1. The molecule has 2 aliphatic heterocycles. The predicted molar refractivity (Wildman–Crippen MR) is 119 cm³/mol. The van der Waals surface area contributed by atoms with Crippen molar-refractivity contribution in [1.82, 2.24) is 24.6 Å². The van der Waals surface area contributed by atoms with Gasteiger partial charge in [-0.2, -0.15) is 5.10 Å². The summed E-state index contributed by atoms with van der Waals surface area (Å²) in [5.74, 6) is 0.340. The summed E-state index contributed by atoms with van der Waals surface area (Å²) < 4.78 is 16.0. The van der Waals surface area contributed by atoms with Crippen molar-refractivity contribution in [3.05, 3.63) is 59.8 Å². The highest BCUT2D eigenvalue weighted by Gasteiger charge is 2.34. The average Bonchev–Trinajstić information content (AvgIpc) is 3.56. The monoisotopic (exact) mass is 434 g/mol. The largest absolute Gasteiger partial charge is 0.341 e. The minimum Gasteiger partial charge on any atom is -0.341 e. The maximum Gasteiger partial charge on any atom is 0.227 e. The van der Waals surface area contributed by atoms with E-state index >= 15 is 0 Å². The highest BCUT2D eigenvalue weighted by atomic mass is 19.1. The maximum absolute atomic E-state index is 14.1. The number of nitrogens with zero attached hydrogens (tertiary/aromatic N) is 6. The summed E-state index contributed by atoms with van der Waals surface area (Å²) in [5, 5.41) is 4.50. The molecule has 2 aliphatic rings. The van der Waals surface area contributed by atoms with Crippen LogP contribution < -0.4 is 4.90 Å². The number of halogens is 1. The highest BCUT2D eigenvalue weighted by molar-refractivity contribution is 5.80. The van der Waals surface area contributed by atoms with Crippen molar-refractivity contribution in [3.63, 3.8) is 0 Å². The first-order valence-electron chi connectivity index (χ1n) is 11.2. The fraction of sp³-hybridized carbons (Fsp3) is 0.417. The summed E-state index contributed by atoms with van der Waals surface area (Å²) in [4.78, 5) is 26.5. The second kappa shape index (κ2) is 8.68. The molecule has 2 fully saturated rings.